The van der Waals surface area contributed by atoms with Crippen molar-refractivity contribution in [3.8, 4) is 56.3 Å². The Kier molecular flexibility index (Phi) is 6.78. The molecule has 0 unspecified atom stereocenters. The first-order valence-corrected chi connectivity index (χ1v) is 17.1. The SMILES string of the molecule is c1ccc(-c2cc(-c3ccccc3)nc(-c3ccc(-c4ccc(-c5nc6ccccc6c6c5ccc5c7ccccc7oc56)cc4)cc3)n2)cc1. The van der Waals surface area contributed by atoms with Crippen LogP contribution in [0, 0.1) is 0 Å². The molecule has 51 heavy (non-hydrogen) atoms. The van der Waals surface area contributed by atoms with E-state index in [1.165, 1.54) is 0 Å². The van der Waals surface area contributed by atoms with Crippen molar-refractivity contribution in [2.24, 2.45) is 0 Å². The molecule has 0 bridgehead atoms. The van der Waals surface area contributed by atoms with Gasteiger partial charge in [-0.25, -0.2) is 15.0 Å². The summed E-state index contributed by atoms with van der Waals surface area (Å²) in [5.41, 5.74) is 11.9. The maximum Gasteiger partial charge on any atom is 0.160 e. The summed E-state index contributed by atoms with van der Waals surface area (Å²) in [7, 11) is 0. The Hall–Kier alpha value is -6.91. The minimum atomic E-state index is 0.699. The van der Waals surface area contributed by atoms with E-state index in [4.69, 9.17) is 19.4 Å². The molecule has 4 heteroatoms. The number of rotatable bonds is 5. The third-order valence-corrected chi connectivity index (χ3v) is 9.71. The number of benzene rings is 7. The van der Waals surface area contributed by atoms with Crippen LogP contribution in [0.25, 0.3) is 99.9 Å². The van der Waals surface area contributed by atoms with Crippen LogP contribution in [0.5, 0.6) is 0 Å². The van der Waals surface area contributed by atoms with E-state index in [0.29, 0.717) is 5.82 Å². The van der Waals surface area contributed by atoms with Crippen LogP contribution in [0.2, 0.25) is 0 Å². The van der Waals surface area contributed by atoms with Crippen molar-refractivity contribution in [2.75, 3.05) is 0 Å². The van der Waals surface area contributed by atoms with Gasteiger partial charge >= 0.3 is 0 Å². The second-order valence-electron chi connectivity index (χ2n) is 12.8. The van der Waals surface area contributed by atoms with Gasteiger partial charge in [-0.2, -0.15) is 0 Å². The lowest BCUT2D eigenvalue weighted by Gasteiger charge is -2.12. The lowest BCUT2D eigenvalue weighted by atomic mass is 9.96. The number of furan rings is 1. The molecule has 0 radical (unpaired) electrons. The molecule has 10 rings (SSSR count). The zero-order chi connectivity index (χ0) is 33.7. The number of hydrogen-bond donors (Lipinski definition) is 0. The standard InChI is InChI=1S/C47H29N3O/c1-3-11-32(12-4-1)41-29-42(33-13-5-2-6-14-33)50-47(49-41)35-25-21-31(22-26-35)30-19-23-34(24-20-30)45-39-28-27-37-36-15-8-10-18-43(36)51-46(37)44(39)38-16-7-9-17-40(38)48-45/h1-29H. The molecule has 0 N–H and O–H groups in total. The third kappa shape index (κ3) is 5.04. The largest absolute Gasteiger partial charge is 0.455 e. The highest BCUT2D eigenvalue weighted by Gasteiger charge is 2.17. The molecular formula is C47H29N3O. The maximum atomic E-state index is 6.50. The molecule has 0 amide bonds. The van der Waals surface area contributed by atoms with Crippen LogP contribution >= 0.6 is 0 Å². The second-order valence-corrected chi connectivity index (χ2v) is 12.8. The van der Waals surface area contributed by atoms with Gasteiger partial charge in [0.05, 0.1) is 22.6 Å². The zero-order valence-corrected chi connectivity index (χ0v) is 27.5. The monoisotopic (exact) mass is 651 g/mol. The van der Waals surface area contributed by atoms with Crippen LogP contribution in [0.3, 0.4) is 0 Å². The van der Waals surface area contributed by atoms with Gasteiger partial charge in [0.15, 0.2) is 5.82 Å². The molecule has 3 heterocycles. The summed E-state index contributed by atoms with van der Waals surface area (Å²) in [4.78, 5) is 15.2. The normalized spacial score (nSPS) is 11.5. The van der Waals surface area contributed by atoms with E-state index in [1.807, 2.05) is 54.6 Å². The summed E-state index contributed by atoms with van der Waals surface area (Å²) >= 11 is 0. The molecule has 7 aromatic carbocycles. The van der Waals surface area contributed by atoms with Crippen LogP contribution < -0.4 is 0 Å². The first-order valence-electron chi connectivity index (χ1n) is 17.1. The molecule has 0 spiro atoms. The van der Waals surface area contributed by atoms with Crippen LogP contribution in [-0.2, 0) is 0 Å². The van der Waals surface area contributed by atoms with Gasteiger partial charge in [-0.3, -0.25) is 0 Å². The van der Waals surface area contributed by atoms with Crippen molar-refractivity contribution in [3.05, 3.63) is 176 Å². The van der Waals surface area contributed by atoms with Crippen molar-refractivity contribution >= 4 is 43.6 Å². The van der Waals surface area contributed by atoms with Crippen LogP contribution in [0.15, 0.2) is 180 Å². The van der Waals surface area contributed by atoms with Gasteiger partial charge in [0.25, 0.3) is 0 Å². The van der Waals surface area contributed by atoms with E-state index in [1.54, 1.807) is 0 Å². The molecule has 3 aromatic heterocycles. The van der Waals surface area contributed by atoms with Crippen molar-refractivity contribution in [2.45, 2.75) is 0 Å². The fourth-order valence-corrected chi connectivity index (χ4v) is 7.16. The molecule has 0 saturated heterocycles. The fourth-order valence-electron chi connectivity index (χ4n) is 7.16. The minimum absolute atomic E-state index is 0.699. The van der Waals surface area contributed by atoms with Gasteiger partial charge in [-0.15, -0.1) is 0 Å². The van der Waals surface area contributed by atoms with Crippen molar-refractivity contribution in [1.82, 2.24) is 15.0 Å². The van der Waals surface area contributed by atoms with Crippen LogP contribution in [0.4, 0.5) is 0 Å². The third-order valence-electron chi connectivity index (χ3n) is 9.71. The summed E-state index contributed by atoms with van der Waals surface area (Å²) in [6, 6.07) is 60.7. The van der Waals surface area contributed by atoms with Gasteiger partial charge in [-0.05, 0) is 35.4 Å². The van der Waals surface area contributed by atoms with E-state index >= 15 is 0 Å². The molecule has 238 valence electrons. The molecule has 0 aliphatic heterocycles. The van der Waals surface area contributed by atoms with E-state index in [2.05, 4.69) is 121 Å². The molecular weight excluding hydrogens is 623 g/mol. The maximum absolute atomic E-state index is 6.50. The van der Waals surface area contributed by atoms with Crippen molar-refractivity contribution < 1.29 is 4.42 Å². The molecule has 0 aliphatic carbocycles. The molecule has 0 fully saturated rings. The van der Waals surface area contributed by atoms with Gasteiger partial charge in [0.2, 0.25) is 0 Å². The summed E-state index contributed by atoms with van der Waals surface area (Å²) in [5, 5.41) is 5.50. The molecule has 0 aliphatic rings. The van der Waals surface area contributed by atoms with E-state index in [-0.39, 0.29) is 0 Å². The van der Waals surface area contributed by atoms with Crippen molar-refractivity contribution in [1.29, 1.82) is 0 Å². The molecule has 0 atom stereocenters. The Bertz CT molecular complexity index is 2820. The number of fused-ring (bicyclic) bond motifs is 7. The first-order chi connectivity index (χ1) is 25.3. The summed E-state index contributed by atoms with van der Waals surface area (Å²) in [5.74, 6) is 0.699. The van der Waals surface area contributed by atoms with Gasteiger partial charge in [0.1, 0.15) is 11.2 Å². The Labute approximate surface area is 294 Å². The Balaban J connectivity index is 1.03. The summed E-state index contributed by atoms with van der Waals surface area (Å²) in [6.07, 6.45) is 0. The number of aromatic nitrogens is 3. The van der Waals surface area contributed by atoms with E-state index in [9.17, 15) is 0 Å². The highest BCUT2D eigenvalue weighted by molar-refractivity contribution is 6.24. The average Bonchev–Trinajstić information content (AvgIpc) is 3.60. The van der Waals surface area contributed by atoms with Crippen LogP contribution in [-0.4, -0.2) is 15.0 Å². The van der Waals surface area contributed by atoms with Gasteiger partial charge in [0, 0.05) is 49.2 Å². The van der Waals surface area contributed by atoms with Crippen molar-refractivity contribution in [3.63, 3.8) is 0 Å². The van der Waals surface area contributed by atoms with Gasteiger partial charge in [-0.1, -0.05) is 152 Å². The number of hydrogen-bond acceptors (Lipinski definition) is 4. The predicted octanol–water partition coefficient (Wildman–Crippen LogP) is 12.4. The molecule has 4 nitrogen and oxygen atoms in total. The van der Waals surface area contributed by atoms with E-state index in [0.717, 1.165) is 94.1 Å². The summed E-state index contributed by atoms with van der Waals surface area (Å²) in [6.45, 7) is 0. The number of para-hydroxylation sites is 2. The first kappa shape index (κ1) is 29.0. The Morgan fingerprint density at radius 1 is 0.353 bits per heavy atom. The zero-order valence-electron chi connectivity index (χ0n) is 27.5. The predicted molar refractivity (Wildman–Crippen MR) is 209 cm³/mol. The quantitative estimate of drug-likeness (QED) is 0.174. The second kappa shape index (κ2) is 11.9. The lowest BCUT2D eigenvalue weighted by Crippen LogP contribution is -1.95. The molecule has 0 saturated carbocycles. The highest BCUT2D eigenvalue weighted by atomic mass is 16.3. The smallest absolute Gasteiger partial charge is 0.160 e. The summed E-state index contributed by atoms with van der Waals surface area (Å²) < 4.78 is 6.50. The molecule has 10 aromatic rings. The van der Waals surface area contributed by atoms with Gasteiger partial charge < -0.3 is 4.42 Å². The minimum Gasteiger partial charge on any atom is -0.455 e. The topological polar surface area (TPSA) is 51.8 Å². The lowest BCUT2D eigenvalue weighted by molar-refractivity contribution is 0.673. The Morgan fingerprint density at radius 2 is 0.882 bits per heavy atom. The van der Waals surface area contributed by atoms with Crippen LogP contribution in [0.1, 0.15) is 0 Å². The highest BCUT2D eigenvalue weighted by Crippen LogP contribution is 2.41. The Morgan fingerprint density at radius 3 is 1.55 bits per heavy atom. The fraction of sp³-hybridized carbons (Fsp3) is 0. The number of nitrogens with zero attached hydrogens (tertiary/aromatic N) is 3. The average molecular weight is 652 g/mol. The van der Waals surface area contributed by atoms with E-state index < -0.39 is 0 Å². The number of pyridine rings is 1.